The number of benzene rings is 1. The molecule has 1 N–H and O–H groups in total. The molecule has 0 aromatic heterocycles. The number of hydrogen-bond donors (Lipinski definition) is 1. The first-order valence-corrected chi connectivity index (χ1v) is 7.11. The Kier molecular flexibility index (Phi) is 4.24. The predicted molar refractivity (Wildman–Crippen MR) is 80.0 cm³/mol. The summed E-state index contributed by atoms with van der Waals surface area (Å²) in [5.41, 5.74) is 0.329. The molecule has 1 aliphatic rings. The summed E-state index contributed by atoms with van der Waals surface area (Å²) in [4.78, 5) is 12.6. The molecular formula is C12H15FIN3O2. The molecule has 0 saturated carbocycles. The van der Waals surface area contributed by atoms with Gasteiger partial charge in [0.2, 0.25) is 0 Å². The van der Waals surface area contributed by atoms with Gasteiger partial charge in [-0.3, -0.25) is 10.1 Å². The van der Waals surface area contributed by atoms with Gasteiger partial charge >= 0.3 is 0 Å². The Labute approximate surface area is 124 Å². The summed E-state index contributed by atoms with van der Waals surface area (Å²) >= 11 is 1.77. The number of nitro groups is 1. The fourth-order valence-corrected chi connectivity index (χ4v) is 2.71. The quantitative estimate of drug-likeness (QED) is 0.488. The van der Waals surface area contributed by atoms with Crippen LogP contribution in [0.3, 0.4) is 0 Å². The van der Waals surface area contributed by atoms with E-state index in [0.29, 0.717) is 12.2 Å². The molecule has 0 radical (unpaired) electrons. The summed E-state index contributed by atoms with van der Waals surface area (Å²) in [6.45, 7) is 5.33. The highest BCUT2D eigenvalue weighted by Gasteiger charge is 2.29. The number of nitrogens with one attached hydrogen (secondary N) is 1. The maximum absolute atomic E-state index is 13.7. The molecule has 19 heavy (non-hydrogen) atoms. The number of halogens is 2. The Bertz CT molecular complexity index is 512. The fraction of sp³-hybridized carbons (Fsp3) is 0.500. The molecule has 1 aromatic carbocycles. The van der Waals surface area contributed by atoms with Gasteiger partial charge in [0.15, 0.2) is 0 Å². The van der Waals surface area contributed by atoms with Crippen molar-refractivity contribution < 1.29 is 9.31 Å². The van der Waals surface area contributed by atoms with E-state index in [4.69, 9.17) is 0 Å². The van der Waals surface area contributed by atoms with E-state index in [2.05, 4.69) is 5.32 Å². The number of hydrogen-bond acceptors (Lipinski definition) is 4. The third kappa shape index (κ3) is 2.97. The van der Waals surface area contributed by atoms with E-state index in [-0.39, 0.29) is 21.3 Å². The molecule has 0 amide bonds. The molecule has 0 bridgehead atoms. The minimum atomic E-state index is -0.448. The van der Waals surface area contributed by atoms with Crippen molar-refractivity contribution in [3.05, 3.63) is 31.6 Å². The maximum Gasteiger partial charge on any atom is 0.293 e. The summed E-state index contributed by atoms with van der Waals surface area (Å²) in [7, 11) is 0. The maximum atomic E-state index is 13.7. The number of rotatable bonds is 2. The molecule has 1 saturated heterocycles. The van der Waals surface area contributed by atoms with E-state index in [1.54, 1.807) is 22.6 Å². The van der Waals surface area contributed by atoms with Crippen molar-refractivity contribution in [3.63, 3.8) is 0 Å². The van der Waals surface area contributed by atoms with E-state index < -0.39 is 10.7 Å². The van der Waals surface area contributed by atoms with Gasteiger partial charge in [0, 0.05) is 37.3 Å². The predicted octanol–water partition coefficient (Wildman–Crippen LogP) is 2.53. The molecule has 2 atom stereocenters. The smallest absolute Gasteiger partial charge is 0.293 e. The van der Waals surface area contributed by atoms with Crippen LogP contribution in [0.2, 0.25) is 0 Å². The molecule has 1 fully saturated rings. The van der Waals surface area contributed by atoms with E-state index in [0.717, 1.165) is 6.54 Å². The average molecular weight is 379 g/mol. The lowest BCUT2D eigenvalue weighted by Crippen LogP contribution is -2.54. The van der Waals surface area contributed by atoms with Crippen molar-refractivity contribution in [1.82, 2.24) is 5.32 Å². The van der Waals surface area contributed by atoms with Crippen LogP contribution < -0.4 is 10.2 Å². The summed E-state index contributed by atoms with van der Waals surface area (Å²) in [5, 5.41) is 14.5. The second-order valence-corrected chi connectivity index (χ2v) is 5.99. The van der Waals surface area contributed by atoms with E-state index in [1.165, 1.54) is 12.1 Å². The average Bonchev–Trinajstić information content (AvgIpc) is 2.35. The van der Waals surface area contributed by atoms with Crippen LogP contribution in [0.1, 0.15) is 13.8 Å². The standard InChI is InChI=1S/C12H15FIN3O2/c1-7-6-16(8(2)5-15-7)11-3-9(13)10(14)4-12(11)17(18)19/h3-4,7-8,15H,5-6H2,1-2H3. The molecule has 104 valence electrons. The Morgan fingerprint density at radius 3 is 2.84 bits per heavy atom. The van der Waals surface area contributed by atoms with Crippen molar-refractivity contribution in [2.45, 2.75) is 25.9 Å². The Morgan fingerprint density at radius 1 is 1.53 bits per heavy atom. The molecule has 7 heteroatoms. The number of nitrogens with zero attached hydrogens (tertiary/aromatic N) is 2. The monoisotopic (exact) mass is 379 g/mol. The van der Waals surface area contributed by atoms with Gasteiger partial charge in [0.25, 0.3) is 5.69 Å². The van der Waals surface area contributed by atoms with E-state index in [1.807, 2.05) is 18.7 Å². The minimum absolute atomic E-state index is 0.0354. The van der Waals surface area contributed by atoms with Crippen LogP contribution in [0.4, 0.5) is 15.8 Å². The zero-order valence-electron chi connectivity index (χ0n) is 10.7. The molecule has 1 heterocycles. The van der Waals surface area contributed by atoms with Crippen molar-refractivity contribution in [3.8, 4) is 0 Å². The molecule has 5 nitrogen and oxygen atoms in total. The van der Waals surface area contributed by atoms with Gasteiger partial charge in [0.1, 0.15) is 11.5 Å². The second kappa shape index (κ2) is 5.58. The second-order valence-electron chi connectivity index (χ2n) is 4.82. The zero-order chi connectivity index (χ0) is 14.2. The van der Waals surface area contributed by atoms with Gasteiger partial charge in [-0.1, -0.05) is 0 Å². The molecule has 1 aromatic rings. The summed E-state index contributed by atoms with van der Waals surface area (Å²) in [6, 6.07) is 2.88. The highest BCUT2D eigenvalue weighted by Crippen LogP contribution is 2.33. The highest BCUT2D eigenvalue weighted by molar-refractivity contribution is 14.1. The Hall–Kier alpha value is -0.960. The Morgan fingerprint density at radius 2 is 2.21 bits per heavy atom. The van der Waals surface area contributed by atoms with Gasteiger partial charge in [-0.2, -0.15) is 0 Å². The van der Waals surface area contributed by atoms with Crippen LogP contribution in [0.25, 0.3) is 0 Å². The Balaban J connectivity index is 2.47. The first-order valence-electron chi connectivity index (χ1n) is 6.03. The normalized spacial score (nSPS) is 23.5. The van der Waals surface area contributed by atoms with E-state index in [9.17, 15) is 14.5 Å². The van der Waals surface area contributed by atoms with E-state index >= 15 is 0 Å². The van der Waals surface area contributed by atoms with Crippen LogP contribution in [-0.4, -0.2) is 30.1 Å². The zero-order valence-corrected chi connectivity index (χ0v) is 12.8. The molecule has 1 aliphatic heterocycles. The fourth-order valence-electron chi connectivity index (χ4n) is 2.26. The van der Waals surface area contributed by atoms with Crippen LogP contribution >= 0.6 is 22.6 Å². The first-order chi connectivity index (χ1) is 8.90. The third-order valence-corrected chi connectivity index (χ3v) is 4.11. The van der Waals surface area contributed by atoms with Crippen molar-refractivity contribution in [2.75, 3.05) is 18.0 Å². The number of piperazine rings is 1. The van der Waals surface area contributed by atoms with Gasteiger partial charge < -0.3 is 10.2 Å². The SMILES string of the molecule is CC1CN(c2cc(F)c(I)cc2[N+](=O)[O-])C(C)CN1. The summed E-state index contributed by atoms with van der Waals surface area (Å²) in [5.74, 6) is -0.417. The van der Waals surface area contributed by atoms with Gasteiger partial charge in [0.05, 0.1) is 8.49 Å². The van der Waals surface area contributed by atoms with Gasteiger partial charge in [-0.15, -0.1) is 0 Å². The lowest BCUT2D eigenvalue weighted by atomic mass is 10.1. The number of anilines is 1. The van der Waals surface area contributed by atoms with Crippen molar-refractivity contribution in [1.29, 1.82) is 0 Å². The van der Waals surface area contributed by atoms with Crippen LogP contribution in [-0.2, 0) is 0 Å². The van der Waals surface area contributed by atoms with Gasteiger partial charge in [-0.05, 0) is 36.4 Å². The molecule has 2 unspecified atom stereocenters. The van der Waals surface area contributed by atoms with Gasteiger partial charge in [-0.25, -0.2) is 4.39 Å². The molecule has 0 spiro atoms. The summed E-state index contributed by atoms with van der Waals surface area (Å²) in [6.07, 6.45) is 0. The number of nitro benzene ring substituents is 1. The highest BCUT2D eigenvalue weighted by atomic mass is 127. The topological polar surface area (TPSA) is 58.4 Å². The summed E-state index contributed by atoms with van der Waals surface area (Å²) < 4.78 is 14.0. The van der Waals surface area contributed by atoms with Crippen LogP contribution in [0, 0.1) is 19.5 Å². The largest absolute Gasteiger partial charge is 0.360 e. The molecule has 0 aliphatic carbocycles. The third-order valence-electron chi connectivity index (χ3n) is 3.29. The molecular weight excluding hydrogens is 364 g/mol. The van der Waals surface area contributed by atoms with Crippen molar-refractivity contribution in [2.24, 2.45) is 0 Å². The first kappa shape index (κ1) is 14.4. The molecule has 2 rings (SSSR count). The van der Waals surface area contributed by atoms with Crippen LogP contribution in [0.5, 0.6) is 0 Å². The minimum Gasteiger partial charge on any atom is -0.360 e. The van der Waals surface area contributed by atoms with Crippen molar-refractivity contribution >= 4 is 34.0 Å². The lowest BCUT2D eigenvalue weighted by Gasteiger charge is -2.38. The lowest BCUT2D eigenvalue weighted by molar-refractivity contribution is -0.384. The van der Waals surface area contributed by atoms with Crippen LogP contribution in [0.15, 0.2) is 12.1 Å².